The number of hydrogen-bond donors (Lipinski definition) is 0. The van der Waals surface area contributed by atoms with Crippen molar-refractivity contribution in [1.82, 2.24) is 4.90 Å². The van der Waals surface area contributed by atoms with E-state index in [4.69, 9.17) is 0 Å². The van der Waals surface area contributed by atoms with Crippen molar-refractivity contribution >= 4 is 15.7 Å². The summed E-state index contributed by atoms with van der Waals surface area (Å²) in [6, 6.07) is 6.92. The zero-order valence-corrected chi connectivity index (χ0v) is 15.0. The largest absolute Gasteiger partial charge is 0.335 e. The van der Waals surface area contributed by atoms with Crippen molar-refractivity contribution in [3.63, 3.8) is 0 Å². The smallest absolute Gasteiger partial charge is 0.254 e. The predicted molar refractivity (Wildman–Crippen MR) is 92.5 cm³/mol. The maximum atomic E-state index is 13.0. The van der Waals surface area contributed by atoms with E-state index in [-0.39, 0.29) is 11.7 Å². The Kier molecular flexibility index (Phi) is 3.94. The van der Waals surface area contributed by atoms with E-state index < -0.39 is 9.84 Å². The average molecular weight is 347 g/mol. The van der Waals surface area contributed by atoms with Crippen LogP contribution in [0, 0.1) is 17.8 Å². The van der Waals surface area contributed by atoms with Crippen molar-refractivity contribution in [2.75, 3.05) is 12.3 Å². The quantitative estimate of drug-likeness (QED) is 0.822. The summed E-state index contributed by atoms with van der Waals surface area (Å²) in [6.07, 6.45) is 6.32. The van der Waals surface area contributed by atoms with Gasteiger partial charge < -0.3 is 4.90 Å². The molecule has 3 aliphatic rings. The van der Waals surface area contributed by atoms with Gasteiger partial charge >= 0.3 is 0 Å². The number of likely N-dealkylation sites (tertiary alicyclic amines) is 1. The summed E-state index contributed by atoms with van der Waals surface area (Å²) in [4.78, 5) is 15.4. The highest BCUT2D eigenvalue weighted by Gasteiger charge is 2.47. The molecule has 4 rings (SSSR count). The number of hydrogen-bond acceptors (Lipinski definition) is 3. The molecule has 1 aromatic rings. The molecule has 0 spiro atoms. The van der Waals surface area contributed by atoms with Crippen LogP contribution in [0.3, 0.4) is 0 Å². The van der Waals surface area contributed by atoms with Crippen molar-refractivity contribution in [3.05, 3.63) is 29.8 Å². The van der Waals surface area contributed by atoms with E-state index in [1.54, 1.807) is 31.2 Å². The summed E-state index contributed by atoms with van der Waals surface area (Å²) >= 11 is 0. The van der Waals surface area contributed by atoms with E-state index in [9.17, 15) is 13.2 Å². The molecule has 3 fully saturated rings. The lowest BCUT2D eigenvalue weighted by Gasteiger charge is -2.24. The highest BCUT2D eigenvalue weighted by molar-refractivity contribution is 7.91. The number of nitrogens with zero attached hydrogens (tertiary/aromatic N) is 1. The van der Waals surface area contributed by atoms with Gasteiger partial charge in [-0.1, -0.05) is 6.92 Å². The van der Waals surface area contributed by atoms with Crippen LogP contribution in [-0.2, 0) is 9.84 Å². The standard InChI is InChI=1S/C19H25NO3S/c1-2-24(22,23)17-9-7-15(8-10-17)19(21)20-12-16(13-3-4-13)11-18(20)14-5-6-14/h7-10,13-14,16,18H,2-6,11-12H2,1H3/t16-,18-/m1/s1. The number of benzene rings is 1. The van der Waals surface area contributed by atoms with E-state index in [1.807, 2.05) is 0 Å². The Balaban J connectivity index is 1.53. The lowest BCUT2D eigenvalue weighted by molar-refractivity contribution is 0.0716. The number of rotatable bonds is 5. The number of carbonyl (C=O) groups is 1. The van der Waals surface area contributed by atoms with Crippen LogP contribution in [0.2, 0.25) is 0 Å². The first-order valence-electron chi connectivity index (χ1n) is 9.13. The molecule has 24 heavy (non-hydrogen) atoms. The van der Waals surface area contributed by atoms with Crippen LogP contribution in [0.15, 0.2) is 29.2 Å². The third-order valence-electron chi connectivity index (χ3n) is 5.93. The van der Waals surface area contributed by atoms with Crippen LogP contribution in [0.1, 0.15) is 49.4 Å². The Morgan fingerprint density at radius 3 is 2.21 bits per heavy atom. The Morgan fingerprint density at radius 2 is 1.67 bits per heavy atom. The molecule has 1 aliphatic heterocycles. The van der Waals surface area contributed by atoms with Gasteiger partial charge in [-0.25, -0.2) is 8.42 Å². The maximum absolute atomic E-state index is 13.0. The zero-order chi connectivity index (χ0) is 16.9. The van der Waals surface area contributed by atoms with Crippen molar-refractivity contribution in [2.24, 2.45) is 17.8 Å². The number of sulfone groups is 1. The number of amides is 1. The molecule has 0 aromatic heterocycles. The molecule has 130 valence electrons. The predicted octanol–water partition coefficient (Wildman–Crippen LogP) is 3.13. The zero-order valence-electron chi connectivity index (χ0n) is 14.1. The van der Waals surface area contributed by atoms with Gasteiger partial charge in [0, 0.05) is 18.2 Å². The van der Waals surface area contributed by atoms with Gasteiger partial charge in [0.1, 0.15) is 0 Å². The van der Waals surface area contributed by atoms with Crippen LogP contribution in [0.4, 0.5) is 0 Å². The second-order valence-corrected chi connectivity index (χ2v) is 9.90. The second kappa shape index (κ2) is 5.87. The fraction of sp³-hybridized carbons (Fsp3) is 0.632. The van der Waals surface area contributed by atoms with Crippen LogP contribution < -0.4 is 0 Å². The van der Waals surface area contributed by atoms with Crippen molar-refractivity contribution in [2.45, 2.75) is 50.0 Å². The first-order chi connectivity index (χ1) is 11.5. The monoisotopic (exact) mass is 347 g/mol. The molecule has 1 aromatic carbocycles. The molecule has 2 aliphatic carbocycles. The molecule has 0 unspecified atom stereocenters. The molecule has 0 bridgehead atoms. The SMILES string of the molecule is CCS(=O)(=O)c1ccc(C(=O)N2C[C@H](C3CC3)C[C@@H]2C2CC2)cc1. The summed E-state index contributed by atoms with van der Waals surface area (Å²) in [7, 11) is -3.21. The fourth-order valence-electron chi connectivity index (χ4n) is 4.11. The van der Waals surface area contributed by atoms with Crippen LogP contribution in [0.25, 0.3) is 0 Å². The van der Waals surface area contributed by atoms with Gasteiger partial charge in [0.25, 0.3) is 5.91 Å². The lowest BCUT2D eigenvalue weighted by atomic mass is 9.98. The number of carbonyl (C=O) groups excluding carboxylic acids is 1. The van der Waals surface area contributed by atoms with Gasteiger partial charge in [0.05, 0.1) is 10.6 Å². The topological polar surface area (TPSA) is 54.5 Å². The molecule has 0 N–H and O–H groups in total. The minimum Gasteiger partial charge on any atom is -0.335 e. The highest BCUT2D eigenvalue weighted by Crippen LogP contribution is 2.48. The first-order valence-corrected chi connectivity index (χ1v) is 10.8. The van der Waals surface area contributed by atoms with E-state index >= 15 is 0 Å². The molecule has 1 heterocycles. The van der Waals surface area contributed by atoms with Gasteiger partial charge in [0.2, 0.25) is 0 Å². The van der Waals surface area contributed by atoms with Crippen molar-refractivity contribution in [3.8, 4) is 0 Å². The van der Waals surface area contributed by atoms with Crippen molar-refractivity contribution in [1.29, 1.82) is 0 Å². The second-order valence-electron chi connectivity index (χ2n) is 7.62. The summed E-state index contributed by atoms with van der Waals surface area (Å²) in [5, 5.41) is 0. The van der Waals surface area contributed by atoms with Gasteiger partial charge in [-0.15, -0.1) is 0 Å². The fourth-order valence-corrected chi connectivity index (χ4v) is 4.99. The van der Waals surface area contributed by atoms with E-state index in [1.165, 1.54) is 32.1 Å². The third kappa shape index (κ3) is 2.99. The van der Waals surface area contributed by atoms with Gasteiger partial charge in [0.15, 0.2) is 9.84 Å². The normalized spacial score (nSPS) is 27.5. The Hall–Kier alpha value is -1.36. The summed E-state index contributed by atoms with van der Waals surface area (Å²) in [6.45, 7) is 2.52. The lowest BCUT2D eigenvalue weighted by Crippen LogP contribution is -2.37. The Bertz CT molecular complexity index is 732. The van der Waals surface area contributed by atoms with E-state index in [2.05, 4.69) is 4.90 Å². The van der Waals surface area contributed by atoms with Gasteiger partial charge in [-0.2, -0.15) is 0 Å². The van der Waals surface area contributed by atoms with Crippen molar-refractivity contribution < 1.29 is 13.2 Å². The van der Waals surface area contributed by atoms with Gasteiger partial charge in [-0.3, -0.25) is 4.79 Å². The molecule has 5 heteroatoms. The van der Waals surface area contributed by atoms with E-state index in [0.717, 1.165) is 12.5 Å². The van der Waals surface area contributed by atoms with Gasteiger partial charge in [-0.05, 0) is 74.1 Å². The first kappa shape index (κ1) is 16.1. The molecule has 2 atom stereocenters. The maximum Gasteiger partial charge on any atom is 0.254 e. The Morgan fingerprint density at radius 1 is 1.04 bits per heavy atom. The molecular formula is C19H25NO3S. The average Bonchev–Trinajstić information content (AvgIpc) is 3.52. The molecule has 2 saturated carbocycles. The van der Waals surface area contributed by atoms with E-state index in [0.29, 0.717) is 28.3 Å². The third-order valence-corrected chi connectivity index (χ3v) is 7.68. The molecular weight excluding hydrogens is 322 g/mol. The summed E-state index contributed by atoms with van der Waals surface area (Å²) < 4.78 is 23.8. The minimum atomic E-state index is -3.21. The van der Waals surface area contributed by atoms with Crippen LogP contribution in [-0.4, -0.2) is 37.6 Å². The minimum absolute atomic E-state index is 0.0792. The highest BCUT2D eigenvalue weighted by atomic mass is 32.2. The van der Waals surface area contributed by atoms with Crippen LogP contribution in [0.5, 0.6) is 0 Å². The Labute approximate surface area is 144 Å². The molecule has 4 nitrogen and oxygen atoms in total. The summed E-state index contributed by atoms with van der Waals surface area (Å²) in [5.74, 6) is 2.37. The van der Waals surface area contributed by atoms with Crippen LogP contribution >= 0.6 is 0 Å². The summed E-state index contributed by atoms with van der Waals surface area (Å²) in [5.41, 5.74) is 0.618. The molecule has 0 radical (unpaired) electrons. The molecule has 1 saturated heterocycles. The molecule has 1 amide bonds.